The second-order valence-electron chi connectivity index (χ2n) is 13.4. The number of ether oxygens (including phenoxy) is 1. The van der Waals surface area contributed by atoms with E-state index in [-0.39, 0.29) is 0 Å². The third-order valence-electron chi connectivity index (χ3n) is 10.7. The van der Waals surface area contributed by atoms with Gasteiger partial charge in [0.15, 0.2) is 0 Å². The third kappa shape index (κ3) is 4.09. The number of allylic oxidation sites excluding steroid dienone is 1. The molecule has 232 valence electrons. The van der Waals surface area contributed by atoms with Gasteiger partial charge in [-0.15, -0.1) is 10.2 Å². The summed E-state index contributed by atoms with van der Waals surface area (Å²) in [4.78, 5) is 0. The van der Waals surface area contributed by atoms with Gasteiger partial charge in [-0.1, -0.05) is 128 Å². The van der Waals surface area contributed by atoms with E-state index in [1.165, 1.54) is 38.9 Å². The monoisotopic (exact) mass is 628 g/mol. The first kappa shape index (κ1) is 28.0. The molecule has 3 aliphatic rings. The van der Waals surface area contributed by atoms with Gasteiger partial charge in [0.25, 0.3) is 0 Å². The van der Waals surface area contributed by atoms with Crippen molar-refractivity contribution in [2.24, 2.45) is 0 Å². The Morgan fingerprint density at radius 3 is 1.96 bits per heavy atom. The molecule has 0 N–H and O–H groups in total. The standard InChI is InChI=1S/C46H32N2O/c1-29-11-8-17-34-33(29)16-10-18-37(34)43-25-24-42(47-48-43)32-13-9-12-30(27-32)31-23-26-45-41(28-31)46(40-21-6-7-22-44(40)49-45)38-19-4-2-14-35(38)36-15-3-5-20-39(36)46/h2-10,12-29H,11H2,1H3. The van der Waals surface area contributed by atoms with E-state index in [2.05, 4.69) is 165 Å². The molecular formula is C46H32N2O. The molecule has 1 spiro atoms. The summed E-state index contributed by atoms with van der Waals surface area (Å²) >= 11 is 0. The van der Waals surface area contributed by atoms with Crippen molar-refractivity contribution in [2.45, 2.75) is 24.7 Å². The Hall–Kier alpha value is -6.06. The van der Waals surface area contributed by atoms with Gasteiger partial charge in [-0.25, -0.2) is 0 Å². The third-order valence-corrected chi connectivity index (χ3v) is 10.7. The molecule has 49 heavy (non-hydrogen) atoms. The molecule has 0 saturated carbocycles. The second-order valence-corrected chi connectivity index (χ2v) is 13.4. The summed E-state index contributed by atoms with van der Waals surface area (Å²) in [6.07, 6.45) is 5.57. The van der Waals surface area contributed by atoms with Crippen molar-refractivity contribution in [3.05, 3.63) is 185 Å². The summed E-state index contributed by atoms with van der Waals surface area (Å²) in [5, 5.41) is 9.47. The summed E-state index contributed by atoms with van der Waals surface area (Å²) in [5.41, 5.74) is 15.8. The van der Waals surface area contributed by atoms with Gasteiger partial charge in [0.1, 0.15) is 11.5 Å². The Morgan fingerprint density at radius 1 is 0.531 bits per heavy atom. The Labute approximate surface area is 286 Å². The molecule has 0 saturated heterocycles. The van der Waals surface area contributed by atoms with E-state index in [1.54, 1.807) is 0 Å². The molecule has 3 nitrogen and oxygen atoms in total. The maximum absolute atomic E-state index is 6.64. The molecule has 7 aromatic rings. The van der Waals surface area contributed by atoms with Crippen molar-refractivity contribution in [2.75, 3.05) is 0 Å². The van der Waals surface area contributed by atoms with Crippen LogP contribution in [-0.2, 0) is 5.41 Å². The largest absolute Gasteiger partial charge is 0.457 e. The quantitative estimate of drug-likeness (QED) is 0.195. The smallest absolute Gasteiger partial charge is 0.132 e. The molecule has 3 heteroatoms. The molecule has 0 radical (unpaired) electrons. The minimum atomic E-state index is -0.490. The number of rotatable bonds is 3. The zero-order chi connectivity index (χ0) is 32.5. The van der Waals surface area contributed by atoms with E-state index in [1.807, 2.05) is 0 Å². The fourth-order valence-corrected chi connectivity index (χ4v) is 8.46. The molecule has 2 aliphatic carbocycles. The highest BCUT2D eigenvalue weighted by Gasteiger charge is 2.50. The molecular weight excluding hydrogens is 597 g/mol. The molecule has 1 unspecified atom stereocenters. The van der Waals surface area contributed by atoms with E-state index in [9.17, 15) is 0 Å². The Balaban J connectivity index is 1.08. The maximum atomic E-state index is 6.64. The van der Waals surface area contributed by atoms with Crippen molar-refractivity contribution in [3.63, 3.8) is 0 Å². The van der Waals surface area contributed by atoms with Crippen LogP contribution in [0.4, 0.5) is 0 Å². The first-order valence-electron chi connectivity index (χ1n) is 17.1. The van der Waals surface area contributed by atoms with Gasteiger partial charge in [0.05, 0.1) is 16.8 Å². The minimum Gasteiger partial charge on any atom is -0.457 e. The van der Waals surface area contributed by atoms with Crippen LogP contribution in [0.25, 0.3) is 50.8 Å². The lowest BCUT2D eigenvalue weighted by atomic mass is 9.66. The molecule has 6 aromatic carbocycles. The second kappa shape index (κ2) is 10.7. The molecule has 2 heterocycles. The Bertz CT molecular complexity index is 2430. The van der Waals surface area contributed by atoms with E-state index in [0.29, 0.717) is 5.92 Å². The zero-order valence-electron chi connectivity index (χ0n) is 27.1. The number of fused-ring (bicyclic) bond motifs is 10. The van der Waals surface area contributed by atoms with Crippen LogP contribution in [0.3, 0.4) is 0 Å². The van der Waals surface area contributed by atoms with Crippen LogP contribution >= 0.6 is 0 Å². The van der Waals surface area contributed by atoms with E-state index >= 15 is 0 Å². The highest BCUT2D eigenvalue weighted by molar-refractivity contribution is 5.89. The lowest BCUT2D eigenvalue weighted by molar-refractivity contribution is 0.436. The number of para-hydroxylation sites is 1. The van der Waals surface area contributed by atoms with Gasteiger partial charge in [-0.3, -0.25) is 0 Å². The molecule has 1 atom stereocenters. The molecule has 0 fully saturated rings. The summed E-state index contributed by atoms with van der Waals surface area (Å²) in [6.45, 7) is 2.29. The van der Waals surface area contributed by atoms with Gasteiger partial charge in [0.2, 0.25) is 0 Å². The average Bonchev–Trinajstić information content (AvgIpc) is 3.46. The van der Waals surface area contributed by atoms with Gasteiger partial charge in [-0.05, 0) is 93.2 Å². The Morgan fingerprint density at radius 2 is 1.16 bits per heavy atom. The normalized spacial score (nSPS) is 15.8. The van der Waals surface area contributed by atoms with Crippen molar-refractivity contribution in [1.82, 2.24) is 10.2 Å². The number of benzene rings is 6. The molecule has 0 bridgehead atoms. The lowest BCUT2D eigenvalue weighted by Gasteiger charge is -2.39. The maximum Gasteiger partial charge on any atom is 0.132 e. The minimum absolute atomic E-state index is 0.490. The molecule has 1 aromatic heterocycles. The van der Waals surface area contributed by atoms with Crippen LogP contribution in [0.5, 0.6) is 11.5 Å². The van der Waals surface area contributed by atoms with Crippen LogP contribution in [0.15, 0.2) is 152 Å². The number of hydrogen-bond donors (Lipinski definition) is 0. The number of hydrogen-bond acceptors (Lipinski definition) is 3. The highest BCUT2D eigenvalue weighted by Crippen LogP contribution is 2.62. The number of aromatic nitrogens is 2. The first-order chi connectivity index (χ1) is 24.2. The zero-order valence-corrected chi connectivity index (χ0v) is 27.1. The SMILES string of the molecule is CC1CC=Cc2c(-c3ccc(-c4cccc(-c5ccc6c(c5)C5(c7ccccc7O6)c6ccccc6-c6ccccc65)c4)nn3)cccc21. The predicted molar refractivity (Wildman–Crippen MR) is 198 cm³/mol. The molecule has 0 amide bonds. The van der Waals surface area contributed by atoms with Crippen LogP contribution in [0, 0.1) is 0 Å². The van der Waals surface area contributed by atoms with Gasteiger partial charge < -0.3 is 4.74 Å². The van der Waals surface area contributed by atoms with Gasteiger partial charge >= 0.3 is 0 Å². The summed E-state index contributed by atoms with van der Waals surface area (Å²) in [5.74, 6) is 2.30. The van der Waals surface area contributed by atoms with E-state index in [0.717, 1.165) is 57.1 Å². The van der Waals surface area contributed by atoms with Crippen molar-refractivity contribution >= 4 is 6.08 Å². The summed E-state index contributed by atoms with van der Waals surface area (Å²) < 4.78 is 6.64. The fraction of sp³-hybridized carbons (Fsp3) is 0.0870. The van der Waals surface area contributed by atoms with Crippen molar-refractivity contribution in [1.29, 1.82) is 0 Å². The average molecular weight is 629 g/mol. The topological polar surface area (TPSA) is 35.0 Å². The van der Waals surface area contributed by atoms with E-state index < -0.39 is 5.41 Å². The predicted octanol–water partition coefficient (Wildman–Crippen LogP) is 11.5. The fourth-order valence-electron chi connectivity index (χ4n) is 8.46. The van der Waals surface area contributed by atoms with Crippen LogP contribution in [0.1, 0.15) is 52.6 Å². The summed E-state index contributed by atoms with van der Waals surface area (Å²) in [6, 6.07) is 52.2. The van der Waals surface area contributed by atoms with Gasteiger partial charge in [-0.2, -0.15) is 0 Å². The van der Waals surface area contributed by atoms with Gasteiger partial charge in [0, 0.05) is 22.3 Å². The van der Waals surface area contributed by atoms with Crippen LogP contribution in [0.2, 0.25) is 0 Å². The first-order valence-corrected chi connectivity index (χ1v) is 17.1. The molecule has 1 aliphatic heterocycles. The number of nitrogens with zero attached hydrogens (tertiary/aromatic N) is 2. The highest BCUT2D eigenvalue weighted by atomic mass is 16.5. The van der Waals surface area contributed by atoms with Crippen LogP contribution < -0.4 is 4.74 Å². The van der Waals surface area contributed by atoms with Crippen molar-refractivity contribution in [3.8, 4) is 56.3 Å². The van der Waals surface area contributed by atoms with Crippen molar-refractivity contribution < 1.29 is 4.74 Å². The van der Waals surface area contributed by atoms with Crippen LogP contribution in [-0.4, -0.2) is 10.2 Å². The van der Waals surface area contributed by atoms with E-state index in [4.69, 9.17) is 14.9 Å². The summed E-state index contributed by atoms with van der Waals surface area (Å²) in [7, 11) is 0. The lowest BCUT2D eigenvalue weighted by Crippen LogP contribution is -2.32. The molecule has 10 rings (SSSR count). The Kier molecular flexibility index (Phi) is 6.13.